The Morgan fingerprint density at radius 3 is 1.14 bits per heavy atom. The molecule has 21 heterocycles. The van der Waals surface area contributed by atoms with Gasteiger partial charge in [-0.25, -0.2) is 53.6 Å². The summed E-state index contributed by atoms with van der Waals surface area (Å²) in [6.07, 6.45) is -20.8. The lowest BCUT2D eigenvalue weighted by Crippen LogP contribution is -2.39. The quantitative estimate of drug-likeness (QED) is 0.0389. The lowest BCUT2D eigenvalue weighted by atomic mass is 9.95. The van der Waals surface area contributed by atoms with Gasteiger partial charge in [0.05, 0.1) is 94.3 Å². The summed E-state index contributed by atoms with van der Waals surface area (Å²) in [5.74, 6) is 0.380. The number of aliphatic hydroxyl groups excluding tert-OH is 6. The molecule has 0 aromatic carbocycles. The van der Waals surface area contributed by atoms with E-state index in [1.807, 2.05) is 0 Å². The standard InChI is InChI=1S/C24H27N9O14P2.2C21H27N11O10P2S2/c1-2-3-41-21-13-19(30-24(26)32-21)33(7-28-13)22-15(35)18-10(45-22)6-43-48(37,38)46-17-9(5-42-49(39,40)47-18)44-16(14(17)34)8-4-27-12-11(8)29-23(25)31-20(12)36;2*1-6-9-16(29-20(23)27-6)31(4-25-9)18-11(33)13-7(39-18)2-37-44(36,46)42-14-8(3-38-43(35,45)41-13)40-19(12(14)34)32-5-26-10-15(22)28-21(24)30-17(10)32/h1,4,7-10,14-18,22,34-35H,3,5-6H2,(H,37,38)(H,39,40)(H2,26,30,32)(H3,25,29,31,36);2*4-5,7-8,11-14,18-19,33-34H,2-3H2,1H3,(H,35,45)(H,36,46)(H2,23,27,29)(H4,22,24,28,30)/t8?,9-,10-,14+,15-,16+,17-,18-,22-;2*7-,8-,11-,12-,13-,14-,18-,19-,43?,44?/m111/s1. The van der Waals surface area contributed by atoms with Crippen LogP contribution < -0.4 is 56.2 Å². The van der Waals surface area contributed by atoms with Crippen molar-refractivity contribution in [3.63, 3.8) is 0 Å². The first-order valence-corrected chi connectivity index (χ1v) is 54.5. The van der Waals surface area contributed by atoms with E-state index in [9.17, 15) is 73.6 Å². The number of hydrogen-bond donors (Lipinski definition) is 21. The molecule has 65 nitrogen and oxygen atoms in total. The number of nitrogens with one attached hydrogen (secondary N) is 1. The minimum atomic E-state index is -5.09. The van der Waals surface area contributed by atoms with Gasteiger partial charge in [-0.1, -0.05) is 18.2 Å². The normalized spacial score (nSPS) is 37.3. The molecule has 758 valence electrons. The number of thiol groups is 1. The SMILES string of the molecule is C#CCOc1nc(N)nc2c1ncn2[C@@H]1O[C@@H]2COP(=O)(O)O[C@H]3[C@@H](O)[C@H](C4C=Nc5c4nc(N)[nH]c5=O)O[C@@H]3COP(=O)(O)O[C@H]2[C@H]1O.Cc1nc(N)nc2c1ncn2[C@@H]1O[C@@H]2COP(O)(=S)O[C@H]3[C@@H](O)[C@H](n4cnc5c(N)nc(N)nc54)O[C@@H]3COP(=O)(S)O[C@H]2[C@H]1O.Cc1nc(N)nc2c1ncn2[C@@H]1O[C@@H]2COP(O)(=S)O[C@H]3[C@@H](O)[C@H](n4cnc5c(N)nc(N)nc54)O[C@@H]3COP(O)(=S)O[C@H]2[C@H]1O. The van der Waals surface area contributed by atoms with E-state index < -0.39 is 241 Å². The van der Waals surface area contributed by atoms with Crippen LogP contribution in [0, 0.1) is 26.2 Å². The number of rotatable bonds is 8. The number of fused-ring (bicyclic) bond motifs is 12. The summed E-state index contributed by atoms with van der Waals surface area (Å²) < 4.78 is 154. The van der Waals surface area contributed by atoms with Crippen LogP contribution in [0.25, 0.3) is 55.8 Å². The number of phosphoric ester groups is 2. The second kappa shape index (κ2) is 38.4. The molecule has 0 aliphatic carbocycles. The third-order valence-corrected chi connectivity index (χ3v) is 31.3. The fourth-order valence-electron chi connectivity index (χ4n) is 17.0. The average Bonchev–Trinajstić information content (AvgIpc) is 1.65. The summed E-state index contributed by atoms with van der Waals surface area (Å²) in [4.78, 5) is 139. The highest BCUT2D eigenvalue weighted by Crippen LogP contribution is 2.61. The number of H-pyrrole nitrogens is 1. The van der Waals surface area contributed by atoms with Crippen molar-refractivity contribution in [1.29, 1.82) is 0 Å². The van der Waals surface area contributed by atoms with E-state index in [0.717, 1.165) is 0 Å². The number of anilines is 8. The summed E-state index contributed by atoms with van der Waals surface area (Å²) in [7, 11) is -10.2. The molecule has 0 amide bonds. The molecule has 0 spiro atoms. The lowest BCUT2D eigenvalue weighted by molar-refractivity contribution is -0.0628. The number of aromatic nitrogens is 22. The number of phosphoric acid groups is 2. The number of aryl methyl sites for hydroxylation is 2. The summed E-state index contributed by atoms with van der Waals surface area (Å²) in [5.41, 5.74) is 48.8. The van der Waals surface area contributed by atoms with Gasteiger partial charge >= 0.3 is 42.6 Å². The Bertz CT molecular complexity index is 6660. The molecular formula is C66H81N31O34P6S4. The maximum Gasteiger partial charge on any atom is 0.472 e. The number of nitrogens with two attached hydrogens (primary N) is 8. The van der Waals surface area contributed by atoms with Crippen molar-refractivity contribution < 1.29 is 156 Å². The highest BCUT2D eigenvalue weighted by Gasteiger charge is 2.59. The fourth-order valence-corrected chi connectivity index (χ4v) is 24.7. The predicted octanol–water partition coefficient (Wildman–Crippen LogP) is -4.21. The molecule has 7 unspecified atom stereocenters. The van der Waals surface area contributed by atoms with E-state index in [2.05, 4.69) is 108 Å². The van der Waals surface area contributed by atoms with Gasteiger partial charge in [0.15, 0.2) is 88.8 Å². The van der Waals surface area contributed by atoms with Crippen LogP contribution in [0.5, 0.6) is 5.88 Å². The van der Waals surface area contributed by atoms with Crippen molar-refractivity contribution >= 4 is 205 Å². The molecular weight excluding hydrogens is 2090 g/mol. The van der Waals surface area contributed by atoms with Gasteiger partial charge in [0.1, 0.15) is 138 Å². The van der Waals surface area contributed by atoms with Crippen LogP contribution >= 0.6 is 54.8 Å². The van der Waals surface area contributed by atoms with E-state index in [-0.39, 0.29) is 116 Å². The highest BCUT2D eigenvalue weighted by molar-refractivity contribution is 8.44. The Morgan fingerprint density at radius 1 is 0.426 bits per heavy atom. The molecule has 10 aliphatic rings. The van der Waals surface area contributed by atoms with Crippen molar-refractivity contribution in [1.82, 2.24) is 108 Å². The number of ether oxygens (including phenoxy) is 7. The van der Waals surface area contributed by atoms with Gasteiger partial charge in [-0.15, -0.1) is 6.42 Å². The predicted molar refractivity (Wildman–Crippen MR) is 486 cm³/mol. The van der Waals surface area contributed by atoms with Crippen LogP contribution in [0.4, 0.5) is 53.0 Å². The number of nitrogen functional groups attached to an aromatic ring is 8. The maximum atomic E-state index is 13.5. The van der Waals surface area contributed by atoms with E-state index in [1.165, 1.54) is 60.7 Å². The Hall–Kier alpha value is -9.11. The molecule has 28 N–H and O–H groups in total. The van der Waals surface area contributed by atoms with E-state index >= 15 is 0 Å². The third-order valence-electron chi connectivity index (χ3n) is 23.1. The minimum Gasteiger partial charge on any atom is -0.463 e. The van der Waals surface area contributed by atoms with Gasteiger partial charge < -0.3 is 148 Å². The number of aliphatic hydroxyl groups is 6. The first-order chi connectivity index (χ1) is 66.7. The van der Waals surface area contributed by atoms with Crippen LogP contribution in [0.1, 0.15) is 54.1 Å². The average molecular weight is 2170 g/mol. The van der Waals surface area contributed by atoms with Crippen LogP contribution in [0.2, 0.25) is 0 Å². The summed E-state index contributed by atoms with van der Waals surface area (Å²) >= 11 is 19.9. The molecule has 11 aromatic rings. The Balaban J connectivity index is 0.000000135. The molecule has 75 heteroatoms. The summed E-state index contributed by atoms with van der Waals surface area (Å²) in [6, 6.07) is 0. The number of aromatic amines is 1. The number of aliphatic imine (C=N–C) groups is 1. The number of imidazole rings is 5. The zero-order valence-electron chi connectivity index (χ0n) is 71.5. The second-order valence-corrected chi connectivity index (χ2v) is 46.2. The van der Waals surface area contributed by atoms with Gasteiger partial charge in [0, 0.05) is 6.21 Å². The summed E-state index contributed by atoms with van der Waals surface area (Å²) in [6.45, 7) is -17.3. The largest absolute Gasteiger partial charge is 0.472 e. The van der Waals surface area contributed by atoms with Crippen molar-refractivity contribution in [3.05, 3.63) is 59.1 Å². The van der Waals surface area contributed by atoms with Crippen LogP contribution in [-0.2, 0) is 132 Å². The Labute approximate surface area is 806 Å². The Kier molecular flexibility index (Phi) is 27.4. The number of nitrogens with zero attached hydrogens (tertiary/aromatic N) is 22. The number of hydrogen-bond acceptors (Lipinski definition) is 57. The van der Waals surface area contributed by atoms with Crippen LogP contribution in [0.15, 0.2) is 41.4 Å². The molecule has 21 rings (SSSR count). The smallest absolute Gasteiger partial charge is 0.463 e. The van der Waals surface area contributed by atoms with Gasteiger partial charge in [-0.2, -0.15) is 39.9 Å². The van der Waals surface area contributed by atoms with E-state index in [0.29, 0.717) is 22.4 Å². The van der Waals surface area contributed by atoms with E-state index in [4.69, 9.17) is 175 Å². The zero-order valence-corrected chi connectivity index (χ0v) is 80.3. The van der Waals surface area contributed by atoms with Crippen molar-refractivity contribution in [3.8, 4) is 18.2 Å². The number of terminal acetylenes is 1. The molecule has 0 bridgehead atoms. The molecule has 31 atom stereocenters. The molecule has 9 saturated heterocycles. The highest BCUT2D eigenvalue weighted by atomic mass is 32.7. The van der Waals surface area contributed by atoms with Crippen LogP contribution in [0.3, 0.4) is 0 Å². The van der Waals surface area contributed by atoms with Gasteiger partial charge in [-0.05, 0) is 49.3 Å². The lowest BCUT2D eigenvalue weighted by Gasteiger charge is -2.30. The molecule has 9 fully saturated rings. The molecule has 10 aliphatic heterocycles. The van der Waals surface area contributed by atoms with Crippen molar-refractivity contribution in [2.75, 3.05) is 92.1 Å². The molecule has 141 heavy (non-hydrogen) atoms. The van der Waals surface area contributed by atoms with E-state index in [1.54, 1.807) is 13.8 Å². The molecule has 11 aromatic heterocycles. The molecule has 0 saturated carbocycles. The fraction of sp³-hybridized carbons (Fsp3) is 0.515. The topological polar surface area (TPSA) is 933 Å². The second-order valence-electron chi connectivity index (χ2n) is 32.2. The maximum absolute atomic E-state index is 13.5. The van der Waals surface area contributed by atoms with Crippen LogP contribution in [-0.4, -0.2) is 331 Å². The first kappa shape index (κ1) is 101. The monoisotopic (exact) mass is 2170 g/mol. The van der Waals surface area contributed by atoms with Gasteiger partial charge in [0.25, 0.3) is 5.56 Å². The van der Waals surface area contributed by atoms with Gasteiger partial charge in [0.2, 0.25) is 41.6 Å². The zero-order chi connectivity index (χ0) is 100. The molecule has 0 radical (unpaired) electrons. The van der Waals surface area contributed by atoms with Crippen molar-refractivity contribution in [2.45, 2.75) is 167 Å². The first-order valence-electron chi connectivity index (χ1n) is 41.1. The third kappa shape index (κ3) is 19.9. The Morgan fingerprint density at radius 2 is 0.745 bits per heavy atom. The summed E-state index contributed by atoms with van der Waals surface area (Å²) in [5, 5.41) is 67.8. The van der Waals surface area contributed by atoms with Gasteiger partial charge in [-0.3, -0.25) is 78.3 Å². The minimum absolute atomic E-state index is 0.00170. The van der Waals surface area contributed by atoms with Crippen molar-refractivity contribution in [2.24, 2.45) is 4.99 Å².